The van der Waals surface area contributed by atoms with Gasteiger partial charge in [-0.25, -0.2) is 0 Å². The molecule has 5 heteroatoms. The Morgan fingerprint density at radius 3 is 2.79 bits per heavy atom. The van der Waals surface area contributed by atoms with Crippen LogP contribution in [-0.4, -0.2) is 17.9 Å². The number of thiocarbonyl (C=S) groups is 1. The highest BCUT2D eigenvalue weighted by Gasteiger charge is 1.94. The Balaban J connectivity index is 1.65. The van der Waals surface area contributed by atoms with Crippen molar-refractivity contribution in [3.05, 3.63) is 60.1 Å². The monoisotopic (exact) mass is 273 g/mol. The third kappa shape index (κ3) is 4.93. The van der Waals surface area contributed by atoms with Gasteiger partial charge < -0.3 is 9.73 Å². The van der Waals surface area contributed by atoms with E-state index in [9.17, 15) is 0 Å². The minimum absolute atomic E-state index is 0.499. The zero-order valence-corrected chi connectivity index (χ0v) is 11.2. The van der Waals surface area contributed by atoms with Gasteiger partial charge in [0.25, 0.3) is 0 Å². The highest BCUT2D eigenvalue weighted by Crippen LogP contribution is 1.98. The third-order valence-corrected chi connectivity index (χ3v) is 2.68. The van der Waals surface area contributed by atoms with Gasteiger partial charge in [0.05, 0.1) is 12.5 Å². The predicted octanol–water partition coefficient (Wildman–Crippen LogP) is 2.32. The molecule has 2 N–H and O–H groups in total. The van der Waals surface area contributed by atoms with Crippen LogP contribution in [0.3, 0.4) is 0 Å². The number of hydrogen-bond acceptors (Lipinski definition) is 3. The molecular weight excluding hydrogens is 258 g/mol. The molecule has 19 heavy (non-hydrogen) atoms. The van der Waals surface area contributed by atoms with E-state index in [2.05, 4.69) is 28.0 Å². The lowest BCUT2D eigenvalue weighted by atomic mass is 10.1. The third-order valence-electron chi connectivity index (χ3n) is 2.44. The highest BCUT2D eigenvalue weighted by atomic mass is 32.1. The van der Waals surface area contributed by atoms with E-state index in [-0.39, 0.29) is 0 Å². The minimum atomic E-state index is 0.499. The first kappa shape index (κ1) is 13.3. The van der Waals surface area contributed by atoms with Crippen LogP contribution in [0, 0.1) is 0 Å². The van der Waals surface area contributed by atoms with E-state index < -0.39 is 0 Å². The molecule has 0 aliphatic rings. The molecule has 1 aromatic heterocycles. The van der Waals surface area contributed by atoms with Crippen LogP contribution in [0.2, 0.25) is 0 Å². The molecule has 0 unspecified atom stereocenters. The van der Waals surface area contributed by atoms with Crippen molar-refractivity contribution in [2.75, 3.05) is 6.54 Å². The molecule has 1 heterocycles. The smallest absolute Gasteiger partial charge is 0.186 e. The largest absolute Gasteiger partial charge is 0.463 e. The van der Waals surface area contributed by atoms with Crippen molar-refractivity contribution in [2.24, 2.45) is 5.10 Å². The first-order valence-corrected chi connectivity index (χ1v) is 6.40. The number of benzene rings is 1. The maximum absolute atomic E-state index is 5.10. The molecule has 0 aliphatic heterocycles. The molecule has 0 saturated heterocycles. The van der Waals surface area contributed by atoms with E-state index >= 15 is 0 Å². The van der Waals surface area contributed by atoms with Gasteiger partial charge >= 0.3 is 0 Å². The lowest BCUT2D eigenvalue weighted by Crippen LogP contribution is -2.33. The molecule has 0 radical (unpaired) electrons. The quantitative estimate of drug-likeness (QED) is 0.499. The fourth-order valence-corrected chi connectivity index (χ4v) is 1.68. The van der Waals surface area contributed by atoms with E-state index in [1.54, 1.807) is 18.5 Å². The summed E-state index contributed by atoms with van der Waals surface area (Å²) in [5.74, 6) is 0.680. The van der Waals surface area contributed by atoms with Gasteiger partial charge in [-0.05, 0) is 36.3 Å². The van der Waals surface area contributed by atoms with Crippen molar-refractivity contribution >= 4 is 23.5 Å². The van der Waals surface area contributed by atoms with E-state index in [1.807, 2.05) is 24.3 Å². The fraction of sp³-hybridized carbons (Fsp3) is 0.143. The lowest BCUT2D eigenvalue weighted by Gasteiger charge is -2.06. The van der Waals surface area contributed by atoms with Gasteiger partial charge in [-0.3, -0.25) is 5.43 Å². The molecule has 0 atom stereocenters. The second-order valence-corrected chi connectivity index (χ2v) is 4.29. The van der Waals surface area contributed by atoms with Crippen molar-refractivity contribution in [3.63, 3.8) is 0 Å². The van der Waals surface area contributed by atoms with Gasteiger partial charge in [0, 0.05) is 6.54 Å². The lowest BCUT2D eigenvalue weighted by molar-refractivity contribution is 0.560. The van der Waals surface area contributed by atoms with Crippen LogP contribution in [0.15, 0.2) is 58.2 Å². The van der Waals surface area contributed by atoms with E-state index in [4.69, 9.17) is 16.6 Å². The highest BCUT2D eigenvalue weighted by molar-refractivity contribution is 7.80. The van der Waals surface area contributed by atoms with Crippen molar-refractivity contribution in [2.45, 2.75) is 6.42 Å². The first-order valence-electron chi connectivity index (χ1n) is 5.99. The van der Waals surface area contributed by atoms with Crippen LogP contribution in [0.5, 0.6) is 0 Å². The Kier molecular flexibility index (Phi) is 5.13. The van der Waals surface area contributed by atoms with Crippen molar-refractivity contribution in [1.29, 1.82) is 0 Å². The van der Waals surface area contributed by atoms with E-state index in [0.29, 0.717) is 10.9 Å². The molecule has 98 valence electrons. The summed E-state index contributed by atoms with van der Waals surface area (Å²) in [7, 11) is 0. The summed E-state index contributed by atoms with van der Waals surface area (Å²) in [5, 5.41) is 7.55. The van der Waals surface area contributed by atoms with Crippen LogP contribution in [0.25, 0.3) is 0 Å². The maximum atomic E-state index is 5.10. The van der Waals surface area contributed by atoms with Crippen molar-refractivity contribution < 1.29 is 4.42 Å². The molecule has 1 aromatic carbocycles. The van der Waals surface area contributed by atoms with Gasteiger partial charge in [-0.15, -0.1) is 0 Å². The summed E-state index contributed by atoms with van der Waals surface area (Å²) in [4.78, 5) is 0. The molecule has 2 rings (SSSR count). The Hall–Kier alpha value is -2.14. The molecule has 0 spiro atoms. The van der Waals surface area contributed by atoms with Crippen molar-refractivity contribution in [3.8, 4) is 0 Å². The van der Waals surface area contributed by atoms with Gasteiger partial charge in [0.15, 0.2) is 5.11 Å². The number of nitrogens with zero attached hydrogens (tertiary/aromatic N) is 1. The summed E-state index contributed by atoms with van der Waals surface area (Å²) in [6.45, 7) is 0.770. The zero-order valence-electron chi connectivity index (χ0n) is 10.4. The van der Waals surface area contributed by atoms with Gasteiger partial charge in [-0.1, -0.05) is 30.3 Å². The molecule has 0 fully saturated rings. The average molecular weight is 273 g/mol. The van der Waals surface area contributed by atoms with Gasteiger partial charge in [-0.2, -0.15) is 5.10 Å². The topological polar surface area (TPSA) is 49.6 Å². The number of hydrogen-bond donors (Lipinski definition) is 2. The van der Waals surface area contributed by atoms with Crippen molar-refractivity contribution in [1.82, 2.24) is 10.7 Å². The summed E-state index contributed by atoms with van der Waals surface area (Å²) in [6.07, 6.45) is 4.09. The SMILES string of the molecule is S=C(NCCc1ccccc1)N/N=C\c1ccco1. The average Bonchev–Trinajstić information content (AvgIpc) is 2.93. The summed E-state index contributed by atoms with van der Waals surface area (Å²) < 4.78 is 5.10. The zero-order chi connectivity index (χ0) is 13.3. The summed E-state index contributed by atoms with van der Waals surface area (Å²) in [6, 6.07) is 13.9. The normalized spacial score (nSPS) is 10.5. The Labute approximate surface area is 117 Å². The Morgan fingerprint density at radius 1 is 1.21 bits per heavy atom. The maximum Gasteiger partial charge on any atom is 0.186 e. The minimum Gasteiger partial charge on any atom is -0.463 e. The second kappa shape index (κ2) is 7.33. The number of rotatable bonds is 5. The van der Waals surface area contributed by atoms with E-state index in [1.165, 1.54) is 5.56 Å². The standard InChI is InChI=1S/C14H15N3OS/c19-14(17-16-11-13-7-4-10-18-13)15-9-8-12-5-2-1-3-6-12/h1-7,10-11H,8-9H2,(H2,15,17,19)/b16-11-. The Bertz CT molecular complexity index is 523. The summed E-state index contributed by atoms with van der Waals surface area (Å²) >= 11 is 5.10. The Morgan fingerprint density at radius 2 is 2.05 bits per heavy atom. The van der Waals surface area contributed by atoms with Crippen LogP contribution in [0.1, 0.15) is 11.3 Å². The summed E-state index contributed by atoms with van der Waals surface area (Å²) in [5.41, 5.74) is 4.01. The van der Waals surface area contributed by atoms with E-state index in [0.717, 1.165) is 13.0 Å². The second-order valence-electron chi connectivity index (χ2n) is 3.88. The molecule has 0 bridgehead atoms. The molecule has 0 aliphatic carbocycles. The predicted molar refractivity (Wildman–Crippen MR) is 80.2 cm³/mol. The fourth-order valence-electron chi connectivity index (χ4n) is 1.52. The molecule has 0 amide bonds. The molecule has 4 nitrogen and oxygen atoms in total. The molecule has 2 aromatic rings. The molecular formula is C14H15N3OS. The molecule has 0 saturated carbocycles. The van der Waals surface area contributed by atoms with Crippen LogP contribution in [0.4, 0.5) is 0 Å². The first-order chi connectivity index (χ1) is 9.34. The van der Waals surface area contributed by atoms with Crippen LogP contribution < -0.4 is 10.7 Å². The number of furan rings is 1. The van der Waals surface area contributed by atoms with Gasteiger partial charge in [0.2, 0.25) is 0 Å². The van der Waals surface area contributed by atoms with Crippen LogP contribution >= 0.6 is 12.2 Å². The number of nitrogens with one attached hydrogen (secondary N) is 2. The van der Waals surface area contributed by atoms with Crippen LogP contribution in [-0.2, 0) is 6.42 Å². The van der Waals surface area contributed by atoms with Gasteiger partial charge in [0.1, 0.15) is 5.76 Å². The number of hydrazone groups is 1.